The van der Waals surface area contributed by atoms with E-state index in [9.17, 15) is 9.90 Å². The number of quaternary nitrogens is 1. The second kappa shape index (κ2) is 9.09. The van der Waals surface area contributed by atoms with Gasteiger partial charge < -0.3 is 14.7 Å². The van der Waals surface area contributed by atoms with Gasteiger partial charge in [-0.3, -0.25) is 9.36 Å². The zero-order valence-electron chi connectivity index (χ0n) is 16.1. The number of hydrogen-bond acceptors (Lipinski definition) is 6. The van der Waals surface area contributed by atoms with Crippen LogP contribution in [0.3, 0.4) is 0 Å². The standard InChI is InChI=1S/C20H27N3O3S2/c1-2-7-23-19(25)17-15-5-3-4-6-16(15)28-18(17)21-20(23)27-13-14(24)12-22-8-10-26-11-9-22/h2,14,24H,1,3-13H2/p+1/t14-/m1/s1. The fraction of sp³-hybridized carbons (Fsp3) is 0.600. The number of thioether (sulfide) groups is 1. The summed E-state index contributed by atoms with van der Waals surface area (Å²) in [7, 11) is 0. The Hall–Kier alpha value is -1.19. The Morgan fingerprint density at radius 3 is 2.93 bits per heavy atom. The van der Waals surface area contributed by atoms with E-state index >= 15 is 0 Å². The molecule has 1 atom stereocenters. The van der Waals surface area contributed by atoms with Gasteiger partial charge in [0.25, 0.3) is 5.56 Å². The number of rotatable bonds is 7. The van der Waals surface area contributed by atoms with Crippen molar-refractivity contribution in [1.29, 1.82) is 0 Å². The topological polar surface area (TPSA) is 68.8 Å². The molecule has 0 aromatic carbocycles. The van der Waals surface area contributed by atoms with E-state index in [1.165, 1.54) is 33.5 Å². The first-order valence-corrected chi connectivity index (χ1v) is 11.9. The van der Waals surface area contributed by atoms with Crippen LogP contribution in [0.25, 0.3) is 10.2 Å². The van der Waals surface area contributed by atoms with Crippen molar-refractivity contribution in [2.45, 2.75) is 43.5 Å². The van der Waals surface area contributed by atoms with Gasteiger partial charge in [-0.2, -0.15) is 0 Å². The first kappa shape index (κ1) is 20.1. The number of morpholine rings is 1. The number of aliphatic hydroxyl groups excluding tert-OH is 1. The second-order valence-corrected chi connectivity index (χ2v) is 9.59. The van der Waals surface area contributed by atoms with Crippen molar-refractivity contribution in [3.63, 3.8) is 0 Å². The minimum absolute atomic E-state index is 0.0418. The number of hydrogen-bond donors (Lipinski definition) is 2. The SMILES string of the molecule is C=CCn1c(SC[C@H](O)C[NH+]2CCOCC2)nc2sc3c(c2c1=O)CCCC3. The van der Waals surface area contributed by atoms with E-state index in [0.717, 1.165) is 55.8 Å². The van der Waals surface area contributed by atoms with Crippen LogP contribution >= 0.6 is 23.1 Å². The molecule has 0 spiro atoms. The largest absolute Gasteiger partial charge is 0.386 e. The molecule has 2 aliphatic rings. The highest BCUT2D eigenvalue weighted by Gasteiger charge is 2.23. The molecule has 0 amide bonds. The summed E-state index contributed by atoms with van der Waals surface area (Å²) in [6, 6.07) is 0. The number of aromatic nitrogens is 2. The van der Waals surface area contributed by atoms with Crippen molar-refractivity contribution in [3.05, 3.63) is 33.4 Å². The van der Waals surface area contributed by atoms with Gasteiger partial charge >= 0.3 is 0 Å². The van der Waals surface area contributed by atoms with Gasteiger partial charge in [0.15, 0.2) is 5.16 Å². The minimum atomic E-state index is -0.431. The maximum atomic E-state index is 13.2. The van der Waals surface area contributed by atoms with E-state index in [4.69, 9.17) is 9.72 Å². The van der Waals surface area contributed by atoms with Crippen LogP contribution in [0.4, 0.5) is 0 Å². The number of fused-ring (bicyclic) bond motifs is 3. The summed E-state index contributed by atoms with van der Waals surface area (Å²) in [5.41, 5.74) is 1.26. The molecule has 152 valence electrons. The lowest BCUT2D eigenvalue weighted by Gasteiger charge is -2.25. The zero-order chi connectivity index (χ0) is 19.5. The molecule has 4 rings (SSSR count). The third-order valence-corrected chi connectivity index (χ3v) is 7.79. The Bertz CT molecular complexity index is 902. The Morgan fingerprint density at radius 2 is 2.14 bits per heavy atom. The molecule has 8 heteroatoms. The molecule has 6 nitrogen and oxygen atoms in total. The summed E-state index contributed by atoms with van der Waals surface area (Å²) in [5.74, 6) is 0.532. The summed E-state index contributed by atoms with van der Waals surface area (Å²) in [5, 5.41) is 12.0. The molecule has 2 aromatic heterocycles. The van der Waals surface area contributed by atoms with Crippen molar-refractivity contribution in [3.8, 4) is 0 Å². The third-order valence-electron chi connectivity index (χ3n) is 5.48. The lowest BCUT2D eigenvalue weighted by Crippen LogP contribution is -3.15. The molecule has 28 heavy (non-hydrogen) atoms. The fourth-order valence-electron chi connectivity index (χ4n) is 4.05. The lowest BCUT2D eigenvalue weighted by atomic mass is 9.97. The molecule has 0 unspecified atom stereocenters. The van der Waals surface area contributed by atoms with E-state index < -0.39 is 6.10 Å². The van der Waals surface area contributed by atoms with Crippen molar-refractivity contribution >= 4 is 33.3 Å². The van der Waals surface area contributed by atoms with Gasteiger partial charge in [0.05, 0.1) is 18.6 Å². The van der Waals surface area contributed by atoms with Gasteiger partial charge in [-0.15, -0.1) is 17.9 Å². The lowest BCUT2D eigenvalue weighted by molar-refractivity contribution is -0.910. The van der Waals surface area contributed by atoms with Gasteiger partial charge in [0, 0.05) is 17.2 Å². The monoisotopic (exact) mass is 422 g/mol. The van der Waals surface area contributed by atoms with Crippen molar-refractivity contribution in [1.82, 2.24) is 9.55 Å². The number of ether oxygens (including phenoxy) is 1. The van der Waals surface area contributed by atoms with Crippen LogP contribution in [0.15, 0.2) is 22.6 Å². The minimum Gasteiger partial charge on any atom is -0.386 e. The van der Waals surface area contributed by atoms with Crippen LogP contribution in [0.2, 0.25) is 0 Å². The van der Waals surface area contributed by atoms with Gasteiger partial charge in [-0.05, 0) is 31.2 Å². The first-order chi connectivity index (χ1) is 13.7. The molecular formula is C20H28N3O3S2+. The molecular weight excluding hydrogens is 394 g/mol. The van der Waals surface area contributed by atoms with Crippen molar-refractivity contribution < 1.29 is 14.7 Å². The number of aliphatic hydroxyl groups is 1. The summed E-state index contributed by atoms with van der Waals surface area (Å²) in [6.07, 6.45) is 5.69. The first-order valence-electron chi connectivity index (χ1n) is 10.1. The quantitative estimate of drug-likeness (QED) is 0.394. The van der Waals surface area contributed by atoms with Crippen LogP contribution in [-0.2, 0) is 24.1 Å². The number of allylic oxidation sites excluding steroid dienone is 1. The Labute approximate surface area is 173 Å². The van der Waals surface area contributed by atoms with E-state index in [1.54, 1.807) is 22.0 Å². The zero-order valence-corrected chi connectivity index (χ0v) is 17.7. The molecule has 0 radical (unpaired) electrons. The Kier molecular flexibility index (Phi) is 6.52. The summed E-state index contributed by atoms with van der Waals surface area (Å²) in [6.45, 7) is 8.35. The van der Waals surface area contributed by atoms with Gasteiger partial charge in [-0.25, -0.2) is 4.98 Å². The molecule has 3 heterocycles. The Morgan fingerprint density at radius 1 is 1.36 bits per heavy atom. The van der Waals surface area contributed by atoms with Crippen LogP contribution in [-0.4, -0.2) is 59.4 Å². The molecule has 2 aromatic rings. The van der Waals surface area contributed by atoms with Gasteiger partial charge in [-0.1, -0.05) is 17.8 Å². The number of thiophene rings is 1. The third kappa shape index (κ3) is 4.21. The predicted octanol–water partition coefficient (Wildman–Crippen LogP) is 0.891. The molecule has 1 saturated heterocycles. The van der Waals surface area contributed by atoms with Gasteiger partial charge in [0.1, 0.15) is 30.6 Å². The highest BCUT2D eigenvalue weighted by molar-refractivity contribution is 7.99. The average Bonchev–Trinajstić information content (AvgIpc) is 3.08. The predicted molar refractivity (Wildman–Crippen MR) is 114 cm³/mol. The number of nitrogens with zero attached hydrogens (tertiary/aromatic N) is 2. The second-order valence-electron chi connectivity index (χ2n) is 7.52. The molecule has 0 bridgehead atoms. The summed E-state index contributed by atoms with van der Waals surface area (Å²) >= 11 is 3.15. The van der Waals surface area contributed by atoms with Crippen molar-refractivity contribution in [2.24, 2.45) is 0 Å². The van der Waals surface area contributed by atoms with Crippen molar-refractivity contribution in [2.75, 3.05) is 38.6 Å². The number of nitrogens with one attached hydrogen (secondary N) is 1. The highest BCUT2D eigenvalue weighted by atomic mass is 32.2. The molecule has 1 aliphatic heterocycles. The van der Waals surface area contributed by atoms with Gasteiger partial charge in [0.2, 0.25) is 0 Å². The molecule has 0 saturated carbocycles. The van der Waals surface area contributed by atoms with E-state index in [-0.39, 0.29) is 5.56 Å². The summed E-state index contributed by atoms with van der Waals surface area (Å²) in [4.78, 5) is 21.6. The van der Waals surface area contributed by atoms with E-state index in [1.807, 2.05) is 0 Å². The fourth-order valence-corrected chi connectivity index (χ4v) is 6.29. The van der Waals surface area contributed by atoms with E-state index in [0.29, 0.717) is 24.0 Å². The molecule has 1 fully saturated rings. The maximum absolute atomic E-state index is 13.2. The van der Waals surface area contributed by atoms with Crippen LogP contribution in [0.1, 0.15) is 23.3 Å². The maximum Gasteiger partial charge on any atom is 0.263 e. The van der Waals surface area contributed by atoms with E-state index in [2.05, 4.69) is 6.58 Å². The summed E-state index contributed by atoms with van der Waals surface area (Å²) < 4.78 is 7.10. The normalized spacial score (nSPS) is 18.9. The average molecular weight is 423 g/mol. The molecule has 1 aliphatic carbocycles. The molecule has 2 N–H and O–H groups in total. The number of aryl methyl sites for hydroxylation is 2. The van der Waals surface area contributed by atoms with Crippen LogP contribution in [0.5, 0.6) is 0 Å². The smallest absolute Gasteiger partial charge is 0.263 e. The van der Waals surface area contributed by atoms with Crippen LogP contribution in [0, 0.1) is 0 Å². The van der Waals surface area contributed by atoms with Crippen LogP contribution < -0.4 is 10.5 Å². The Balaban J connectivity index is 1.56. The highest BCUT2D eigenvalue weighted by Crippen LogP contribution is 2.34.